The molecule has 0 aliphatic heterocycles. The second kappa shape index (κ2) is 6.98. The van der Waals surface area contributed by atoms with Crippen LogP contribution in [0.2, 0.25) is 0 Å². The van der Waals surface area contributed by atoms with E-state index in [1.165, 1.54) is 4.88 Å². The highest BCUT2D eigenvalue weighted by atomic mass is 79.9. The van der Waals surface area contributed by atoms with Gasteiger partial charge in [0.05, 0.1) is 5.69 Å². The molecule has 7 heteroatoms. The Balaban J connectivity index is 1.74. The highest BCUT2D eigenvalue weighted by Crippen LogP contribution is 2.19. The maximum Gasteiger partial charge on any atom is 0.0964 e. The summed E-state index contributed by atoms with van der Waals surface area (Å²) in [5.41, 5.74) is 0.920. The van der Waals surface area contributed by atoms with Gasteiger partial charge in [0, 0.05) is 47.2 Å². The number of hydrogen-bond acceptors (Lipinski definition) is 5. The van der Waals surface area contributed by atoms with Crippen molar-refractivity contribution >= 4 is 27.3 Å². The predicted octanol–water partition coefficient (Wildman–Crippen LogP) is 1.77. The lowest BCUT2D eigenvalue weighted by Gasteiger charge is -1.99. The van der Waals surface area contributed by atoms with Crippen LogP contribution in [0.3, 0.4) is 0 Å². The van der Waals surface area contributed by atoms with Crippen molar-refractivity contribution in [3.63, 3.8) is 0 Å². The minimum atomic E-state index is 0.181. The Morgan fingerprint density at radius 2 is 2.33 bits per heavy atom. The highest BCUT2D eigenvalue weighted by Gasteiger charge is 2.01. The SMILES string of the molecule is OCCCn1cc(CNCc2cc(Br)cs2)nn1. The fraction of sp³-hybridized carbons (Fsp3) is 0.455. The van der Waals surface area contributed by atoms with Gasteiger partial charge in [0.2, 0.25) is 0 Å². The fourth-order valence-electron chi connectivity index (χ4n) is 1.52. The summed E-state index contributed by atoms with van der Waals surface area (Å²) in [5.74, 6) is 0. The quantitative estimate of drug-likeness (QED) is 0.812. The van der Waals surface area contributed by atoms with Crippen LogP contribution in [0.4, 0.5) is 0 Å². The third kappa shape index (κ3) is 4.16. The smallest absolute Gasteiger partial charge is 0.0964 e. The molecule has 0 unspecified atom stereocenters. The monoisotopic (exact) mass is 330 g/mol. The fourth-order valence-corrected chi connectivity index (χ4v) is 2.94. The highest BCUT2D eigenvalue weighted by molar-refractivity contribution is 9.10. The van der Waals surface area contributed by atoms with Gasteiger partial charge in [-0.1, -0.05) is 5.21 Å². The van der Waals surface area contributed by atoms with Crippen LogP contribution in [0.25, 0.3) is 0 Å². The normalized spacial score (nSPS) is 11.0. The standard InChI is InChI=1S/C11H15BrN4OS/c12-9-4-11(18-8-9)6-13-5-10-7-16(15-14-10)2-1-3-17/h4,7-8,13,17H,1-3,5-6H2. The summed E-state index contributed by atoms with van der Waals surface area (Å²) in [6, 6.07) is 2.11. The van der Waals surface area contributed by atoms with E-state index in [0.717, 1.165) is 16.7 Å². The molecule has 0 aromatic carbocycles. The summed E-state index contributed by atoms with van der Waals surface area (Å²) in [7, 11) is 0. The molecular weight excluding hydrogens is 316 g/mol. The topological polar surface area (TPSA) is 63.0 Å². The number of nitrogens with one attached hydrogen (secondary N) is 1. The molecule has 0 aliphatic rings. The molecule has 0 saturated heterocycles. The van der Waals surface area contributed by atoms with Crippen LogP contribution >= 0.6 is 27.3 Å². The number of aliphatic hydroxyl groups excluding tert-OH is 1. The van der Waals surface area contributed by atoms with Crippen LogP contribution < -0.4 is 5.32 Å². The average molecular weight is 331 g/mol. The predicted molar refractivity (Wildman–Crippen MR) is 74.3 cm³/mol. The van der Waals surface area contributed by atoms with E-state index in [4.69, 9.17) is 5.11 Å². The molecule has 0 atom stereocenters. The zero-order valence-corrected chi connectivity index (χ0v) is 12.2. The molecule has 0 spiro atoms. The van der Waals surface area contributed by atoms with Crippen molar-refractivity contribution in [1.29, 1.82) is 0 Å². The summed E-state index contributed by atoms with van der Waals surface area (Å²) < 4.78 is 2.88. The largest absolute Gasteiger partial charge is 0.396 e. The summed E-state index contributed by atoms with van der Waals surface area (Å²) in [4.78, 5) is 1.29. The van der Waals surface area contributed by atoms with Gasteiger partial charge >= 0.3 is 0 Å². The minimum absolute atomic E-state index is 0.181. The van der Waals surface area contributed by atoms with Crippen LogP contribution in [-0.2, 0) is 19.6 Å². The number of thiophene rings is 1. The molecule has 98 valence electrons. The van der Waals surface area contributed by atoms with Crippen LogP contribution in [0.15, 0.2) is 22.1 Å². The molecule has 2 N–H and O–H groups in total. The van der Waals surface area contributed by atoms with Crippen molar-refractivity contribution in [3.8, 4) is 0 Å². The Bertz CT molecular complexity index is 485. The van der Waals surface area contributed by atoms with Gasteiger partial charge in [-0.05, 0) is 28.4 Å². The van der Waals surface area contributed by atoms with Crippen molar-refractivity contribution < 1.29 is 5.11 Å². The molecule has 0 amide bonds. The minimum Gasteiger partial charge on any atom is -0.396 e. The van der Waals surface area contributed by atoms with E-state index in [1.54, 1.807) is 16.0 Å². The number of aromatic nitrogens is 3. The van der Waals surface area contributed by atoms with Crippen LogP contribution in [0, 0.1) is 0 Å². The Morgan fingerprint density at radius 1 is 1.44 bits per heavy atom. The van der Waals surface area contributed by atoms with E-state index in [1.807, 2.05) is 6.20 Å². The Morgan fingerprint density at radius 3 is 3.06 bits per heavy atom. The van der Waals surface area contributed by atoms with Gasteiger partial charge in [-0.2, -0.15) is 0 Å². The Hall–Kier alpha value is -0.760. The van der Waals surface area contributed by atoms with E-state index >= 15 is 0 Å². The van der Waals surface area contributed by atoms with Crippen molar-refractivity contribution in [3.05, 3.63) is 32.7 Å². The third-order valence-electron chi connectivity index (χ3n) is 2.36. The van der Waals surface area contributed by atoms with E-state index < -0.39 is 0 Å². The molecule has 2 aromatic heterocycles. The maximum atomic E-state index is 8.73. The summed E-state index contributed by atoms with van der Waals surface area (Å²) >= 11 is 5.16. The number of hydrogen-bond donors (Lipinski definition) is 2. The maximum absolute atomic E-state index is 8.73. The lowest BCUT2D eigenvalue weighted by atomic mass is 10.4. The second-order valence-corrected chi connectivity index (χ2v) is 5.80. The number of aliphatic hydroxyl groups is 1. The lowest BCUT2D eigenvalue weighted by molar-refractivity contribution is 0.276. The molecule has 2 rings (SSSR count). The van der Waals surface area contributed by atoms with Gasteiger partial charge in [-0.25, -0.2) is 0 Å². The summed E-state index contributed by atoms with van der Waals surface area (Å²) in [6.45, 7) is 2.43. The van der Waals surface area contributed by atoms with Crippen molar-refractivity contribution in [2.75, 3.05) is 6.61 Å². The lowest BCUT2D eigenvalue weighted by Crippen LogP contribution is -2.12. The van der Waals surface area contributed by atoms with Crippen LogP contribution in [0.1, 0.15) is 17.0 Å². The molecule has 2 aromatic rings. The molecule has 5 nitrogen and oxygen atoms in total. The van der Waals surface area contributed by atoms with E-state index in [9.17, 15) is 0 Å². The molecule has 18 heavy (non-hydrogen) atoms. The van der Waals surface area contributed by atoms with Crippen molar-refractivity contribution in [2.24, 2.45) is 0 Å². The first-order chi connectivity index (χ1) is 8.78. The molecule has 0 radical (unpaired) electrons. The molecule has 2 heterocycles. The molecular formula is C11H15BrN4OS. The summed E-state index contributed by atoms with van der Waals surface area (Å²) in [6.07, 6.45) is 2.62. The zero-order chi connectivity index (χ0) is 12.8. The van der Waals surface area contributed by atoms with E-state index in [0.29, 0.717) is 19.5 Å². The van der Waals surface area contributed by atoms with Crippen LogP contribution in [0.5, 0.6) is 0 Å². The van der Waals surface area contributed by atoms with Gasteiger partial charge in [0.1, 0.15) is 0 Å². The molecule has 0 saturated carbocycles. The van der Waals surface area contributed by atoms with Gasteiger partial charge in [0.15, 0.2) is 0 Å². The Labute approximate surface area is 118 Å². The van der Waals surface area contributed by atoms with Gasteiger partial charge in [-0.3, -0.25) is 4.68 Å². The first-order valence-corrected chi connectivity index (χ1v) is 7.38. The van der Waals surface area contributed by atoms with E-state index in [2.05, 4.69) is 43.0 Å². The first kappa shape index (κ1) is 13.7. The number of halogens is 1. The Kier molecular flexibility index (Phi) is 5.30. The second-order valence-electron chi connectivity index (χ2n) is 3.88. The zero-order valence-electron chi connectivity index (χ0n) is 9.84. The van der Waals surface area contributed by atoms with Gasteiger partial charge in [-0.15, -0.1) is 16.4 Å². The van der Waals surface area contributed by atoms with E-state index in [-0.39, 0.29) is 6.61 Å². The third-order valence-corrected chi connectivity index (χ3v) is 4.06. The van der Waals surface area contributed by atoms with Crippen molar-refractivity contribution in [2.45, 2.75) is 26.1 Å². The number of rotatable bonds is 7. The number of nitrogens with zero attached hydrogens (tertiary/aromatic N) is 3. The number of aryl methyl sites for hydroxylation is 1. The van der Waals surface area contributed by atoms with Gasteiger partial charge in [0.25, 0.3) is 0 Å². The first-order valence-electron chi connectivity index (χ1n) is 5.71. The van der Waals surface area contributed by atoms with Crippen LogP contribution in [-0.4, -0.2) is 26.7 Å². The van der Waals surface area contributed by atoms with Crippen molar-refractivity contribution in [1.82, 2.24) is 20.3 Å². The average Bonchev–Trinajstić information content (AvgIpc) is 2.96. The molecule has 0 bridgehead atoms. The summed E-state index contributed by atoms with van der Waals surface area (Å²) in [5, 5.41) is 22.2. The molecule has 0 fully saturated rings. The molecule has 0 aliphatic carbocycles. The van der Waals surface area contributed by atoms with Gasteiger partial charge < -0.3 is 10.4 Å².